The van der Waals surface area contributed by atoms with Gasteiger partial charge in [0.05, 0.1) is 21.7 Å². The maximum absolute atomic E-state index is 11.5. The molecule has 1 saturated carbocycles. The maximum atomic E-state index is 11.5. The number of thiophene rings is 1. The quantitative estimate of drug-likeness (QED) is 0.239. The van der Waals surface area contributed by atoms with Crippen molar-refractivity contribution in [3.8, 4) is 10.6 Å². The minimum Gasteiger partial charge on any atom is -0.478 e. The van der Waals surface area contributed by atoms with E-state index < -0.39 is 5.97 Å². The van der Waals surface area contributed by atoms with Gasteiger partial charge in [-0.15, -0.1) is 36.2 Å². The van der Waals surface area contributed by atoms with Crippen LogP contribution in [0.4, 0.5) is 5.95 Å². The molecule has 38 heavy (non-hydrogen) atoms. The number of carboxylic acids is 1. The molecule has 1 aromatic carbocycles. The summed E-state index contributed by atoms with van der Waals surface area (Å²) in [5.41, 5.74) is 6.59. The minimum absolute atomic E-state index is 0. The Hall–Kier alpha value is -1.68. The highest BCUT2D eigenvalue weighted by Gasteiger charge is 2.31. The number of benzene rings is 1. The van der Waals surface area contributed by atoms with Gasteiger partial charge in [0, 0.05) is 22.7 Å². The molecule has 1 aliphatic carbocycles. The molecule has 0 bridgehead atoms. The zero-order valence-electron chi connectivity index (χ0n) is 21.9. The van der Waals surface area contributed by atoms with Gasteiger partial charge in [-0.1, -0.05) is 31.0 Å². The minimum atomic E-state index is -0.939. The van der Waals surface area contributed by atoms with Crippen molar-refractivity contribution in [2.24, 2.45) is 11.1 Å². The lowest BCUT2D eigenvalue weighted by Crippen LogP contribution is -2.37. The number of nitrogens with two attached hydrogens (primary N) is 1. The first-order chi connectivity index (χ1) is 17.3. The fraction of sp³-hybridized carbons (Fsp3) is 0.519. The molecule has 2 fully saturated rings. The molecule has 0 spiro atoms. The van der Waals surface area contributed by atoms with Crippen molar-refractivity contribution in [1.82, 2.24) is 14.9 Å². The van der Waals surface area contributed by atoms with Crippen LogP contribution in [0.2, 0.25) is 5.02 Å². The van der Waals surface area contributed by atoms with E-state index in [1.165, 1.54) is 63.0 Å². The van der Waals surface area contributed by atoms with Crippen molar-refractivity contribution in [3.05, 3.63) is 41.0 Å². The summed E-state index contributed by atoms with van der Waals surface area (Å²) in [6.07, 6.45) is 10.2. The Bertz CT molecular complexity index is 1200. The number of rotatable bonds is 8. The smallest absolute Gasteiger partial charge is 0.336 e. The number of fused-ring (bicyclic) bond motifs is 1. The van der Waals surface area contributed by atoms with Crippen LogP contribution >= 0.6 is 47.8 Å². The molecule has 7 nitrogen and oxygen atoms in total. The first-order valence-electron chi connectivity index (χ1n) is 12.8. The first kappa shape index (κ1) is 32.5. The number of likely N-dealkylation sites (tertiary alicyclic amines) is 1. The van der Waals surface area contributed by atoms with Gasteiger partial charge in [-0.05, 0) is 82.3 Å². The maximum Gasteiger partial charge on any atom is 0.336 e. The topological polar surface area (TPSA) is 104 Å². The van der Waals surface area contributed by atoms with Gasteiger partial charge in [0.25, 0.3) is 0 Å². The normalized spacial score (nSPS) is 16.5. The number of anilines is 1. The number of nitrogens with zero attached hydrogens (tertiary/aromatic N) is 3. The van der Waals surface area contributed by atoms with Crippen molar-refractivity contribution >= 4 is 69.8 Å². The molecule has 0 amide bonds. The molecule has 210 valence electrons. The molecule has 3 aromatic rings. The van der Waals surface area contributed by atoms with Crippen LogP contribution in [0.3, 0.4) is 0 Å². The zero-order chi connectivity index (χ0) is 25.7. The highest BCUT2D eigenvalue weighted by molar-refractivity contribution is 7.22. The summed E-state index contributed by atoms with van der Waals surface area (Å²) in [6, 6.07) is 7.72. The second kappa shape index (κ2) is 14.6. The average Bonchev–Trinajstić information content (AvgIpc) is 3.53. The van der Waals surface area contributed by atoms with E-state index in [1.807, 2.05) is 12.1 Å². The Kier molecular flexibility index (Phi) is 12.5. The predicted molar refractivity (Wildman–Crippen MR) is 164 cm³/mol. The average molecular weight is 603 g/mol. The predicted octanol–water partition coefficient (Wildman–Crippen LogP) is 6.98. The molecular weight excluding hydrogens is 565 g/mol. The molecule has 3 heterocycles. The number of nitrogens with one attached hydrogen (secondary N) is 1. The van der Waals surface area contributed by atoms with E-state index in [0.29, 0.717) is 33.5 Å². The summed E-state index contributed by atoms with van der Waals surface area (Å²) < 4.78 is 0.895. The van der Waals surface area contributed by atoms with Crippen LogP contribution in [-0.4, -0.2) is 58.7 Å². The lowest BCUT2D eigenvalue weighted by Gasteiger charge is -2.40. The molecule has 4 N–H and O–H groups in total. The van der Waals surface area contributed by atoms with Crippen LogP contribution < -0.4 is 11.1 Å². The Morgan fingerprint density at radius 2 is 1.97 bits per heavy atom. The van der Waals surface area contributed by atoms with Crippen LogP contribution in [0, 0.1) is 5.41 Å². The van der Waals surface area contributed by atoms with Gasteiger partial charge in [-0.3, -0.25) is 0 Å². The Balaban J connectivity index is 0.000000774. The van der Waals surface area contributed by atoms with Gasteiger partial charge in [0.1, 0.15) is 5.69 Å². The monoisotopic (exact) mass is 601 g/mol. The summed E-state index contributed by atoms with van der Waals surface area (Å²) in [7, 11) is 2.20. The van der Waals surface area contributed by atoms with E-state index in [2.05, 4.69) is 34.2 Å². The molecule has 5 rings (SSSR count). The lowest BCUT2D eigenvalue weighted by atomic mass is 9.73. The number of carbonyl (C=O) groups is 1. The Morgan fingerprint density at radius 3 is 2.58 bits per heavy atom. The molecule has 1 aliphatic heterocycles. The van der Waals surface area contributed by atoms with E-state index in [1.54, 1.807) is 18.3 Å². The zero-order valence-corrected chi connectivity index (χ0v) is 25.1. The van der Waals surface area contributed by atoms with E-state index >= 15 is 0 Å². The number of hydrogen-bond acceptors (Lipinski definition) is 7. The van der Waals surface area contributed by atoms with Gasteiger partial charge < -0.3 is 21.1 Å². The van der Waals surface area contributed by atoms with Crippen molar-refractivity contribution in [3.63, 3.8) is 0 Å². The number of hydrogen-bond donors (Lipinski definition) is 3. The van der Waals surface area contributed by atoms with Crippen LogP contribution in [0.5, 0.6) is 0 Å². The highest BCUT2D eigenvalue weighted by Crippen LogP contribution is 2.39. The third kappa shape index (κ3) is 8.41. The van der Waals surface area contributed by atoms with Gasteiger partial charge in [0.15, 0.2) is 0 Å². The largest absolute Gasteiger partial charge is 0.478 e. The summed E-state index contributed by atoms with van der Waals surface area (Å²) >= 11 is 7.89. The van der Waals surface area contributed by atoms with Crippen molar-refractivity contribution in [1.29, 1.82) is 0 Å². The number of aromatic carboxylic acids is 1. The van der Waals surface area contributed by atoms with Gasteiger partial charge >= 0.3 is 5.97 Å². The van der Waals surface area contributed by atoms with E-state index in [9.17, 15) is 9.90 Å². The molecule has 2 aliphatic rings. The number of carboxylic acid groups (broad SMARTS) is 1. The molecule has 1 saturated heterocycles. The summed E-state index contributed by atoms with van der Waals surface area (Å²) in [5, 5.41) is 14.0. The summed E-state index contributed by atoms with van der Waals surface area (Å²) in [6.45, 7) is 5.50. The number of halogens is 3. The van der Waals surface area contributed by atoms with Gasteiger partial charge in [0.2, 0.25) is 5.95 Å². The fourth-order valence-electron chi connectivity index (χ4n) is 4.62. The van der Waals surface area contributed by atoms with Crippen molar-refractivity contribution in [2.75, 3.05) is 32.0 Å². The van der Waals surface area contributed by atoms with Crippen LogP contribution in [0.25, 0.3) is 20.7 Å². The summed E-state index contributed by atoms with van der Waals surface area (Å²) in [4.78, 5) is 23.8. The van der Waals surface area contributed by atoms with Crippen LogP contribution in [0.15, 0.2) is 30.5 Å². The number of piperidine rings is 1. The molecule has 0 radical (unpaired) electrons. The Morgan fingerprint density at radius 1 is 1.29 bits per heavy atom. The second-order valence-electron chi connectivity index (χ2n) is 10.0. The molecule has 0 atom stereocenters. The first-order valence-corrected chi connectivity index (χ1v) is 14.0. The van der Waals surface area contributed by atoms with E-state index in [-0.39, 0.29) is 30.4 Å². The molecule has 0 unspecified atom stereocenters. The van der Waals surface area contributed by atoms with Crippen molar-refractivity contribution in [2.45, 2.75) is 57.9 Å². The Labute approximate surface area is 246 Å². The lowest BCUT2D eigenvalue weighted by molar-refractivity contribution is 0.0699. The van der Waals surface area contributed by atoms with E-state index in [4.69, 9.17) is 17.3 Å². The third-order valence-electron chi connectivity index (χ3n) is 7.36. The second-order valence-corrected chi connectivity index (χ2v) is 11.5. The van der Waals surface area contributed by atoms with Crippen LogP contribution in [0.1, 0.15) is 62.2 Å². The third-order valence-corrected chi connectivity index (χ3v) is 8.74. The molecular formula is C27H38Cl3N5O2S. The standard InChI is InChI=1S/C24H29ClN4O2S.C3H7N.2ClH/c1-3-24(9-12-29(2)13-10-24)8-5-11-26-23-27-15-18(25)21(28-23)20-14-17-16(22(30)31)6-4-7-19(17)32-20;4-3-1-2-3;;/h4,6-7,14-15H,3,5,8-13H2,1-2H3,(H,30,31)(H,26,27,28);3H,1-2,4H2;2*1H. The van der Waals surface area contributed by atoms with Crippen molar-refractivity contribution < 1.29 is 9.90 Å². The summed E-state index contributed by atoms with van der Waals surface area (Å²) in [5.74, 6) is -0.389. The van der Waals surface area contributed by atoms with Gasteiger partial charge in [-0.2, -0.15) is 0 Å². The SMILES string of the molecule is CCC1(CCCNc2ncc(Cl)c(-c3cc4c(C(=O)O)cccc4s3)n2)CCN(C)CC1.Cl.Cl.NC1CC1. The highest BCUT2D eigenvalue weighted by atomic mass is 35.5. The van der Waals surface area contributed by atoms with E-state index in [0.717, 1.165) is 22.5 Å². The molecule has 2 aromatic heterocycles. The van der Waals surface area contributed by atoms with Gasteiger partial charge in [-0.25, -0.2) is 14.8 Å². The number of aromatic nitrogens is 2. The van der Waals surface area contributed by atoms with Crippen LogP contribution in [-0.2, 0) is 0 Å². The molecule has 11 heteroatoms. The fourth-order valence-corrected chi connectivity index (χ4v) is 5.96.